The first-order valence-electron chi connectivity index (χ1n) is 10.6. The normalized spacial score (nSPS) is 17.8. The molecule has 0 saturated carbocycles. The van der Waals surface area contributed by atoms with Crippen LogP contribution in [0.4, 0.5) is 5.69 Å². The second-order valence-corrected chi connectivity index (χ2v) is 7.91. The van der Waals surface area contributed by atoms with E-state index in [1.54, 1.807) is 0 Å². The van der Waals surface area contributed by atoms with Crippen LogP contribution in [-0.2, 0) is 11.2 Å². The number of fused-ring (bicyclic) bond motifs is 3. The third-order valence-electron chi connectivity index (χ3n) is 5.80. The first-order chi connectivity index (χ1) is 15.5. The summed E-state index contributed by atoms with van der Waals surface area (Å²) in [6, 6.07) is 13.8. The van der Waals surface area contributed by atoms with E-state index in [1.165, 1.54) is 6.21 Å². The van der Waals surface area contributed by atoms with Crippen LogP contribution in [-0.4, -0.2) is 35.9 Å². The van der Waals surface area contributed by atoms with E-state index in [2.05, 4.69) is 38.7 Å². The highest BCUT2D eigenvalue weighted by Gasteiger charge is 2.30. The first-order valence-corrected chi connectivity index (χ1v) is 10.6. The largest absolute Gasteiger partial charge is 0.481 e. The Hall–Kier alpha value is -3.78. The number of rotatable bonds is 7. The molecule has 2 aromatic carbocycles. The molecule has 2 aromatic rings. The molecule has 8 heteroatoms. The molecule has 166 valence electrons. The Morgan fingerprint density at radius 1 is 1.31 bits per heavy atom. The van der Waals surface area contributed by atoms with Gasteiger partial charge in [-0.3, -0.25) is 9.80 Å². The number of hydrogen-bond acceptors (Lipinski definition) is 7. The molecule has 2 heterocycles. The summed E-state index contributed by atoms with van der Waals surface area (Å²) in [6.07, 6.45) is 3.92. The van der Waals surface area contributed by atoms with E-state index in [9.17, 15) is 9.90 Å². The molecule has 0 aromatic heterocycles. The number of carboxylic acid groups (broad SMARTS) is 1. The predicted molar refractivity (Wildman–Crippen MR) is 127 cm³/mol. The Morgan fingerprint density at radius 2 is 2.12 bits per heavy atom. The maximum Gasteiger partial charge on any atom is 0.307 e. The van der Waals surface area contributed by atoms with Crippen LogP contribution < -0.4 is 21.6 Å². The van der Waals surface area contributed by atoms with E-state index in [0.717, 1.165) is 57.9 Å². The van der Waals surface area contributed by atoms with Gasteiger partial charge in [0.05, 0.1) is 23.9 Å². The molecule has 8 nitrogen and oxygen atoms in total. The van der Waals surface area contributed by atoms with Gasteiger partial charge in [0.1, 0.15) is 0 Å². The third-order valence-corrected chi connectivity index (χ3v) is 5.80. The predicted octanol–water partition coefficient (Wildman–Crippen LogP) is 3.09. The van der Waals surface area contributed by atoms with Crippen molar-refractivity contribution < 1.29 is 9.90 Å². The lowest BCUT2D eigenvalue weighted by atomic mass is 9.92. The number of nitrogens with zero attached hydrogens (tertiary/aromatic N) is 1. The molecule has 4 rings (SSSR count). The Labute approximate surface area is 187 Å². The number of hydrazine groups is 2. The Kier molecular flexibility index (Phi) is 6.13. The summed E-state index contributed by atoms with van der Waals surface area (Å²) in [6.45, 7) is 2.81. The van der Waals surface area contributed by atoms with E-state index in [-0.39, 0.29) is 12.5 Å². The summed E-state index contributed by atoms with van der Waals surface area (Å²) in [7, 11) is 1.82. The number of anilines is 1. The fourth-order valence-electron chi connectivity index (χ4n) is 4.32. The first kappa shape index (κ1) is 21.5. The number of nitrogens with one attached hydrogen (secondary N) is 5. The van der Waals surface area contributed by atoms with Gasteiger partial charge in [0.15, 0.2) is 0 Å². The summed E-state index contributed by atoms with van der Waals surface area (Å²) < 4.78 is 0. The van der Waals surface area contributed by atoms with Gasteiger partial charge in [-0.2, -0.15) is 0 Å². The van der Waals surface area contributed by atoms with Gasteiger partial charge in [0.2, 0.25) is 0 Å². The standard InChI is InChI=1S/C24H28N6O2/c1-15-24-19-8-7-16(18(13-25)14-26-2)11-20(19)22(9-10-30(24)29-28-15)27-21-6-4-3-5-17(21)12-23(31)32/h3-8,11,13-14,22,25-29H,9-10,12H2,1-2H3,(H,31,32)/b18-14+,25-13?. The minimum atomic E-state index is -0.854. The van der Waals surface area contributed by atoms with Crippen LogP contribution in [0.25, 0.3) is 11.3 Å². The smallest absolute Gasteiger partial charge is 0.307 e. The number of para-hydroxylation sites is 1. The second-order valence-electron chi connectivity index (χ2n) is 7.91. The molecule has 0 fully saturated rings. The van der Waals surface area contributed by atoms with Gasteiger partial charge in [-0.15, -0.1) is 5.53 Å². The quantitative estimate of drug-likeness (QED) is 0.373. The number of carbonyl (C=O) groups is 1. The van der Waals surface area contributed by atoms with Crippen LogP contribution in [0.2, 0.25) is 0 Å². The average Bonchev–Trinajstić information content (AvgIpc) is 3.07. The number of benzene rings is 2. The van der Waals surface area contributed by atoms with Gasteiger partial charge in [-0.25, -0.2) is 0 Å². The van der Waals surface area contributed by atoms with Gasteiger partial charge in [-0.1, -0.05) is 30.3 Å². The molecule has 2 aliphatic heterocycles. The van der Waals surface area contributed by atoms with Crippen molar-refractivity contribution in [3.8, 4) is 0 Å². The van der Waals surface area contributed by atoms with Crippen LogP contribution in [0.1, 0.15) is 41.6 Å². The number of aliphatic carboxylic acids is 1. The van der Waals surface area contributed by atoms with Gasteiger partial charge in [-0.05, 0) is 42.2 Å². The molecule has 0 bridgehead atoms. The molecular weight excluding hydrogens is 404 g/mol. The third kappa shape index (κ3) is 4.17. The van der Waals surface area contributed by atoms with Crippen molar-refractivity contribution in [1.82, 2.24) is 21.3 Å². The zero-order valence-electron chi connectivity index (χ0n) is 18.2. The highest BCUT2D eigenvalue weighted by molar-refractivity contribution is 6.08. The molecule has 1 unspecified atom stereocenters. The van der Waals surface area contributed by atoms with Crippen molar-refractivity contribution >= 4 is 29.1 Å². The van der Waals surface area contributed by atoms with Crippen molar-refractivity contribution in [1.29, 1.82) is 5.41 Å². The molecule has 0 radical (unpaired) electrons. The van der Waals surface area contributed by atoms with Crippen LogP contribution in [0.5, 0.6) is 0 Å². The highest BCUT2D eigenvalue weighted by atomic mass is 16.4. The summed E-state index contributed by atoms with van der Waals surface area (Å²) >= 11 is 0. The maximum atomic E-state index is 11.4. The number of allylic oxidation sites excluding steroid dienone is 2. The topological polar surface area (TPSA) is 113 Å². The molecule has 6 N–H and O–H groups in total. The average molecular weight is 433 g/mol. The zero-order valence-corrected chi connectivity index (χ0v) is 18.2. The lowest BCUT2D eigenvalue weighted by molar-refractivity contribution is -0.136. The van der Waals surface area contributed by atoms with E-state index >= 15 is 0 Å². The summed E-state index contributed by atoms with van der Waals surface area (Å²) in [5.74, 6) is -0.854. The van der Waals surface area contributed by atoms with Gasteiger partial charge < -0.3 is 26.6 Å². The monoisotopic (exact) mass is 432 g/mol. The van der Waals surface area contributed by atoms with Crippen LogP contribution in [0, 0.1) is 5.41 Å². The minimum absolute atomic E-state index is 0.0332. The molecule has 2 aliphatic rings. The Morgan fingerprint density at radius 3 is 2.88 bits per heavy atom. The van der Waals surface area contributed by atoms with Crippen LogP contribution in [0.15, 0.2) is 54.4 Å². The molecule has 0 spiro atoms. The van der Waals surface area contributed by atoms with Crippen molar-refractivity contribution in [2.24, 2.45) is 0 Å². The summed E-state index contributed by atoms with van der Waals surface area (Å²) in [5, 5.41) is 25.9. The Balaban J connectivity index is 1.81. The lowest BCUT2D eigenvalue weighted by Crippen LogP contribution is -2.38. The van der Waals surface area contributed by atoms with Crippen molar-refractivity contribution in [3.63, 3.8) is 0 Å². The SMILES string of the molecule is CN/C=C(\C=N)c1ccc2c(c1)C(Nc1ccccc1CC(=O)O)CCN1NNC(C)=C21. The molecular formula is C24H28N6O2. The van der Waals surface area contributed by atoms with E-state index in [4.69, 9.17) is 5.41 Å². The maximum absolute atomic E-state index is 11.4. The number of hydrogen-bond donors (Lipinski definition) is 6. The summed E-state index contributed by atoms with van der Waals surface area (Å²) in [4.78, 5) is 11.4. The number of carboxylic acids is 1. The molecule has 0 amide bonds. The molecule has 32 heavy (non-hydrogen) atoms. The Bertz CT molecular complexity index is 1110. The fourth-order valence-corrected chi connectivity index (χ4v) is 4.32. The second kappa shape index (κ2) is 9.15. The van der Waals surface area contributed by atoms with Gasteiger partial charge in [0.25, 0.3) is 0 Å². The summed E-state index contributed by atoms with van der Waals surface area (Å²) in [5.41, 5.74) is 14.1. The van der Waals surface area contributed by atoms with E-state index in [1.807, 2.05) is 50.5 Å². The van der Waals surface area contributed by atoms with E-state index in [0.29, 0.717) is 0 Å². The van der Waals surface area contributed by atoms with Crippen molar-refractivity contribution in [2.45, 2.75) is 25.8 Å². The lowest BCUT2D eigenvalue weighted by Gasteiger charge is -2.23. The van der Waals surface area contributed by atoms with Crippen molar-refractivity contribution in [2.75, 3.05) is 18.9 Å². The molecule has 1 atom stereocenters. The molecule has 0 saturated heterocycles. The van der Waals surface area contributed by atoms with Crippen LogP contribution in [0.3, 0.4) is 0 Å². The minimum Gasteiger partial charge on any atom is -0.481 e. The zero-order chi connectivity index (χ0) is 22.7. The van der Waals surface area contributed by atoms with Gasteiger partial charge >= 0.3 is 5.97 Å². The van der Waals surface area contributed by atoms with Crippen molar-refractivity contribution in [3.05, 3.63) is 76.6 Å². The molecule has 0 aliphatic carbocycles. The van der Waals surface area contributed by atoms with Crippen LogP contribution >= 0.6 is 0 Å². The van der Waals surface area contributed by atoms with Gasteiger partial charge in [0, 0.05) is 42.8 Å². The van der Waals surface area contributed by atoms with E-state index < -0.39 is 5.97 Å². The highest BCUT2D eigenvalue weighted by Crippen LogP contribution is 2.38. The fraction of sp³-hybridized carbons (Fsp3) is 0.250.